The van der Waals surface area contributed by atoms with E-state index in [1.54, 1.807) is 12.3 Å². The van der Waals surface area contributed by atoms with Crippen LogP contribution in [-0.4, -0.2) is 20.2 Å². The summed E-state index contributed by atoms with van der Waals surface area (Å²) in [5.41, 5.74) is 0.393. The van der Waals surface area contributed by atoms with Crippen LogP contribution in [0.4, 0.5) is 0 Å². The Morgan fingerprint density at radius 2 is 2.40 bits per heavy atom. The highest BCUT2D eigenvalue weighted by Gasteiger charge is 2.07. The maximum Gasteiger partial charge on any atom is 0.213 e. The zero-order valence-electron chi connectivity index (χ0n) is 7.93. The molecule has 2 rings (SSSR count). The quantitative estimate of drug-likeness (QED) is 0.825. The van der Waals surface area contributed by atoms with Gasteiger partial charge in [0.15, 0.2) is 5.69 Å². The third-order valence-electron chi connectivity index (χ3n) is 1.65. The van der Waals surface area contributed by atoms with Gasteiger partial charge in [0, 0.05) is 6.20 Å². The Morgan fingerprint density at radius 3 is 3.07 bits per heavy atom. The molecule has 0 aromatic carbocycles. The molecule has 0 aliphatic rings. The number of aryl methyl sites for hydroxylation is 1. The summed E-state index contributed by atoms with van der Waals surface area (Å²) in [7, 11) is 0. The van der Waals surface area contributed by atoms with Crippen molar-refractivity contribution in [3.63, 3.8) is 0 Å². The molecule has 0 aliphatic carbocycles. The van der Waals surface area contributed by atoms with E-state index in [9.17, 15) is 0 Å². The molecule has 0 fully saturated rings. The van der Waals surface area contributed by atoms with Crippen LogP contribution in [0.15, 0.2) is 28.4 Å². The summed E-state index contributed by atoms with van der Waals surface area (Å²) < 4.78 is 0. The van der Waals surface area contributed by atoms with Crippen molar-refractivity contribution in [2.45, 2.75) is 17.0 Å². The van der Waals surface area contributed by atoms with Gasteiger partial charge in [-0.2, -0.15) is 5.26 Å². The lowest BCUT2D eigenvalue weighted by Crippen LogP contribution is -1.86. The smallest absolute Gasteiger partial charge is 0.213 e. The summed E-state index contributed by atoms with van der Waals surface area (Å²) in [6.45, 7) is 1.82. The molecule has 0 unspecified atom stereocenters. The summed E-state index contributed by atoms with van der Waals surface area (Å²) in [5, 5.41) is 16.1. The van der Waals surface area contributed by atoms with Crippen molar-refractivity contribution in [2.75, 3.05) is 0 Å². The van der Waals surface area contributed by atoms with Crippen molar-refractivity contribution in [1.29, 1.82) is 5.26 Å². The molecule has 2 aromatic heterocycles. The highest BCUT2D eigenvalue weighted by atomic mass is 32.2. The van der Waals surface area contributed by atoms with E-state index >= 15 is 0 Å². The molecule has 74 valence electrons. The van der Waals surface area contributed by atoms with Gasteiger partial charge in [-0.15, -0.1) is 5.10 Å². The summed E-state index contributed by atoms with van der Waals surface area (Å²) in [6, 6.07) is 5.63. The Hall–Kier alpha value is -1.87. The van der Waals surface area contributed by atoms with Crippen LogP contribution in [0.25, 0.3) is 0 Å². The van der Waals surface area contributed by atoms with E-state index in [4.69, 9.17) is 5.26 Å². The monoisotopic (exact) mass is 217 g/mol. The number of nitrogens with zero attached hydrogens (tertiary/aromatic N) is 4. The van der Waals surface area contributed by atoms with Gasteiger partial charge in [-0.05, 0) is 30.8 Å². The molecule has 0 atom stereocenters. The molecular weight excluding hydrogens is 210 g/mol. The van der Waals surface area contributed by atoms with Crippen molar-refractivity contribution in [2.24, 2.45) is 0 Å². The Labute approximate surface area is 90.6 Å². The molecule has 0 aliphatic heterocycles. The van der Waals surface area contributed by atoms with Crippen LogP contribution in [0.3, 0.4) is 0 Å². The Kier molecular flexibility index (Phi) is 2.65. The maximum atomic E-state index is 8.83. The Balaban J connectivity index is 2.28. The normalized spacial score (nSPS) is 9.87. The molecule has 0 amide bonds. The molecule has 15 heavy (non-hydrogen) atoms. The van der Waals surface area contributed by atoms with Gasteiger partial charge in [-0.1, -0.05) is 0 Å². The fourth-order valence-electron chi connectivity index (χ4n) is 1.02. The van der Waals surface area contributed by atoms with Gasteiger partial charge in [0.05, 0.1) is 4.90 Å². The molecule has 5 nitrogen and oxygen atoms in total. The number of rotatable bonds is 2. The second kappa shape index (κ2) is 4.11. The van der Waals surface area contributed by atoms with E-state index in [2.05, 4.69) is 20.2 Å². The molecule has 0 bridgehead atoms. The van der Waals surface area contributed by atoms with Gasteiger partial charge in [-0.3, -0.25) is 5.10 Å². The largest absolute Gasteiger partial charge is 0.262 e. The van der Waals surface area contributed by atoms with Crippen LogP contribution in [0, 0.1) is 18.3 Å². The highest BCUT2D eigenvalue weighted by molar-refractivity contribution is 7.99. The van der Waals surface area contributed by atoms with E-state index in [0.29, 0.717) is 10.9 Å². The Morgan fingerprint density at radius 1 is 1.53 bits per heavy atom. The lowest BCUT2D eigenvalue weighted by atomic mass is 10.4. The predicted molar refractivity (Wildman–Crippen MR) is 54.2 cm³/mol. The second-order valence-electron chi connectivity index (χ2n) is 2.77. The molecule has 2 heterocycles. The van der Waals surface area contributed by atoms with Crippen molar-refractivity contribution in [1.82, 2.24) is 20.2 Å². The molecule has 0 spiro atoms. The minimum absolute atomic E-state index is 0.393. The first-order valence-electron chi connectivity index (χ1n) is 4.21. The fraction of sp³-hybridized carbons (Fsp3) is 0.111. The van der Waals surface area contributed by atoms with E-state index in [1.807, 2.05) is 19.1 Å². The van der Waals surface area contributed by atoms with Gasteiger partial charge in [-0.25, -0.2) is 9.97 Å². The summed E-state index contributed by atoms with van der Waals surface area (Å²) in [6.07, 6.45) is 1.59. The van der Waals surface area contributed by atoms with Crippen LogP contribution >= 0.6 is 11.8 Å². The van der Waals surface area contributed by atoms with E-state index in [1.165, 1.54) is 11.8 Å². The first-order valence-corrected chi connectivity index (χ1v) is 5.03. The number of pyridine rings is 1. The number of hydrogen-bond acceptors (Lipinski definition) is 5. The SMILES string of the molecule is Cc1nc(Sc2cccnc2C#N)n[nH]1. The summed E-state index contributed by atoms with van der Waals surface area (Å²) in [5.74, 6) is 0.750. The number of H-pyrrole nitrogens is 1. The zero-order valence-corrected chi connectivity index (χ0v) is 8.75. The first-order chi connectivity index (χ1) is 7.29. The number of hydrogen-bond donors (Lipinski definition) is 1. The third-order valence-corrected chi connectivity index (χ3v) is 2.57. The number of aromatic nitrogens is 4. The molecule has 1 N–H and O–H groups in total. The van der Waals surface area contributed by atoms with Gasteiger partial charge < -0.3 is 0 Å². The van der Waals surface area contributed by atoms with Crippen molar-refractivity contribution < 1.29 is 0 Å². The molecular formula is C9H7N5S. The minimum Gasteiger partial charge on any atom is -0.262 e. The van der Waals surface area contributed by atoms with Gasteiger partial charge >= 0.3 is 0 Å². The Bertz CT molecular complexity index is 513. The number of nitrogens with one attached hydrogen (secondary N) is 1. The lowest BCUT2D eigenvalue weighted by Gasteiger charge is -1.97. The van der Waals surface area contributed by atoms with Crippen LogP contribution < -0.4 is 0 Å². The van der Waals surface area contributed by atoms with Crippen LogP contribution in [0.2, 0.25) is 0 Å². The van der Waals surface area contributed by atoms with Crippen molar-refractivity contribution >= 4 is 11.8 Å². The van der Waals surface area contributed by atoms with Gasteiger partial charge in [0.1, 0.15) is 11.9 Å². The maximum absolute atomic E-state index is 8.83. The first kappa shape index (κ1) is 9.68. The molecule has 0 radical (unpaired) electrons. The van der Waals surface area contributed by atoms with E-state index in [0.717, 1.165) is 10.7 Å². The molecule has 2 aromatic rings. The highest BCUT2D eigenvalue weighted by Crippen LogP contribution is 2.25. The van der Waals surface area contributed by atoms with Crippen LogP contribution in [-0.2, 0) is 0 Å². The average molecular weight is 217 g/mol. The number of nitriles is 1. The van der Waals surface area contributed by atoms with Crippen molar-refractivity contribution in [3.8, 4) is 6.07 Å². The third kappa shape index (κ3) is 2.14. The standard InChI is InChI=1S/C9H7N5S/c1-6-12-9(14-13-6)15-8-3-2-4-11-7(8)5-10/h2-4H,1H3,(H,12,13,14). The van der Waals surface area contributed by atoms with Crippen LogP contribution in [0.5, 0.6) is 0 Å². The zero-order chi connectivity index (χ0) is 10.7. The molecule has 6 heteroatoms. The average Bonchev–Trinajstić information content (AvgIpc) is 2.65. The molecule has 0 saturated heterocycles. The lowest BCUT2D eigenvalue weighted by molar-refractivity contribution is 0.968. The van der Waals surface area contributed by atoms with Crippen molar-refractivity contribution in [3.05, 3.63) is 29.8 Å². The number of aromatic amines is 1. The predicted octanol–water partition coefficient (Wildman–Crippen LogP) is 1.53. The topological polar surface area (TPSA) is 78.2 Å². The van der Waals surface area contributed by atoms with Gasteiger partial charge in [0.2, 0.25) is 5.16 Å². The van der Waals surface area contributed by atoms with Crippen LogP contribution in [0.1, 0.15) is 11.5 Å². The van der Waals surface area contributed by atoms with E-state index < -0.39 is 0 Å². The van der Waals surface area contributed by atoms with Gasteiger partial charge in [0.25, 0.3) is 0 Å². The molecule has 0 saturated carbocycles. The minimum atomic E-state index is 0.393. The fourth-order valence-corrected chi connectivity index (χ4v) is 1.84. The second-order valence-corrected chi connectivity index (χ2v) is 3.78. The summed E-state index contributed by atoms with van der Waals surface area (Å²) >= 11 is 1.32. The summed E-state index contributed by atoms with van der Waals surface area (Å²) in [4.78, 5) is 8.86. The van der Waals surface area contributed by atoms with E-state index in [-0.39, 0.29) is 0 Å².